The third-order valence-electron chi connectivity index (χ3n) is 5.62. The van der Waals surface area contributed by atoms with Gasteiger partial charge in [0.1, 0.15) is 11.8 Å². The first-order chi connectivity index (χ1) is 17.9. The zero-order chi connectivity index (χ0) is 27.7. The van der Waals surface area contributed by atoms with Gasteiger partial charge in [0.2, 0.25) is 5.95 Å². The molecule has 0 saturated carbocycles. The molecule has 1 aliphatic rings. The molecule has 3 heterocycles. The average molecular weight is 553 g/mol. The van der Waals surface area contributed by atoms with Crippen LogP contribution in [0, 0.1) is 0 Å². The quantitative estimate of drug-likeness (QED) is 0.249. The van der Waals surface area contributed by atoms with Gasteiger partial charge >= 0.3 is 13.7 Å². The van der Waals surface area contributed by atoms with Crippen molar-refractivity contribution in [3.05, 3.63) is 47.0 Å². The monoisotopic (exact) mass is 552 g/mol. The average Bonchev–Trinajstić information content (AvgIpc) is 3.37. The Labute approximate surface area is 217 Å². The number of aromatic nitrogens is 4. The lowest BCUT2D eigenvalue weighted by Gasteiger charge is -2.24. The fourth-order valence-electron chi connectivity index (χ4n) is 4.00. The Kier molecular flexibility index (Phi) is 7.88. The lowest BCUT2D eigenvalue weighted by Crippen LogP contribution is -2.36. The lowest BCUT2D eigenvalue weighted by molar-refractivity contribution is -0.149. The van der Waals surface area contributed by atoms with Crippen LogP contribution in [0.15, 0.2) is 41.5 Å². The number of para-hydroxylation sites is 1. The molecule has 0 amide bonds. The number of benzene rings is 1. The number of nitrogen functional groups attached to an aromatic ring is 1. The largest absolute Gasteiger partial charge is 0.462 e. The first kappa shape index (κ1) is 27.7. The number of hydrogen-bond acceptors (Lipinski definition) is 10. The Morgan fingerprint density at radius 2 is 2.08 bits per heavy atom. The molecule has 5 atom stereocenters. The summed E-state index contributed by atoms with van der Waals surface area (Å²) in [5.74, 6) is -0.576. The van der Waals surface area contributed by atoms with Crippen LogP contribution in [0.1, 0.15) is 40.3 Å². The summed E-state index contributed by atoms with van der Waals surface area (Å²) in [6, 6.07) is 7.20. The second-order valence-corrected chi connectivity index (χ2v) is 11.1. The van der Waals surface area contributed by atoms with Gasteiger partial charge in [-0.25, -0.2) is 13.9 Å². The molecule has 0 spiro atoms. The zero-order valence-electron chi connectivity index (χ0n) is 21.3. The number of fused-ring (bicyclic) bond motifs is 1. The third-order valence-corrected chi connectivity index (χ3v) is 7.27. The van der Waals surface area contributed by atoms with E-state index in [1.54, 1.807) is 44.2 Å². The summed E-state index contributed by atoms with van der Waals surface area (Å²) in [7, 11) is -4.17. The van der Waals surface area contributed by atoms with E-state index in [0.29, 0.717) is 0 Å². The van der Waals surface area contributed by atoms with E-state index < -0.39 is 43.3 Å². The molecule has 1 aliphatic heterocycles. The Hall–Kier alpha value is -3.32. The maximum atomic E-state index is 15.7. The molecule has 38 heavy (non-hydrogen) atoms. The van der Waals surface area contributed by atoms with Crippen molar-refractivity contribution in [1.82, 2.24) is 24.6 Å². The number of anilines is 1. The second kappa shape index (κ2) is 10.8. The Balaban J connectivity index is 1.52. The highest BCUT2D eigenvalue weighted by molar-refractivity contribution is 7.52. The van der Waals surface area contributed by atoms with E-state index in [-0.39, 0.29) is 42.0 Å². The molecule has 5 unspecified atom stereocenters. The maximum Gasteiger partial charge on any atom is 0.459 e. The number of ether oxygens (including phenoxy) is 2. The van der Waals surface area contributed by atoms with Crippen LogP contribution in [0.3, 0.4) is 0 Å². The van der Waals surface area contributed by atoms with E-state index in [2.05, 4.69) is 20.0 Å². The van der Waals surface area contributed by atoms with Gasteiger partial charge in [-0.2, -0.15) is 10.1 Å². The first-order valence-electron chi connectivity index (χ1n) is 11.9. The summed E-state index contributed by atoms with van der Waals surface area (Å²) in [5.41, 5.74) is 3.17. The van der Waals surface area contributed by atoms with Gasteiger partial charge < -0.3 is 19.7 Å². The van der Waals surface area contributed by atoms with Crippen LogP contribution in [-0.4, -0.2) is 56.0 Å². The van der Waals surface area contributed by atoms with E-state index in [0.717, 1.165) is 0 Å². The minimum absolute atomic E-state index is 0.0227. The van der Waals surface area contributed by atoms with Crippen molar-refractivity contribution in [2.75, 3.05) is 12.3 Å². The highest BCUT2D eigenvalue weighted by Gasteiger charge is 2.48. The molecule has 2 aromatic heterocycles. The Bertz CT molecular complexity index is 1400. The molecule has 3 aromatic rings. The number of nitrogens with zero attached hydrogens (tertiary/aromatic N) is 3. The van der Waals surface area contributed by atoms with Crippen molar-refractivity contribution in [2.24, 2.45) is 0 Å². The number of aromatic amines is 1. The van der Waals surface area contributed by atoms with E-state index in [9.17, 15) is 14.2 Å². The molecule has 206 valence electrons. The number of alkyl halides is 1. The number of esters is 1. The summed E-state index contributed by atoms with van der Waals surface area (Å²) in [6.45, 7) is 5.81. The molecule has 4 rings (SSSR count). The first-order valence-corrected chi connectivity index (χ1v) is 13.5. The highest BCUT2D eigenvalue weighted by Crippen LogP contribution is 2.47. The van der Waals surface area contributed by atoms with Crippen molar-refractivity contribution in [2.45, 2.75) is 64.3 Å². The highest BCUT2D eigenvalue weighted by atomic mass is 31.2. The van der Waals surface area contributed by atoms with Crippen LogP contribution in [0.5, 0.6) is 5.75 Å². The topological polar surface area (TPSA) is 173 Å². The summed E-state index contributed by atoms with van der Waals surface area (Å²) < 4.78 is 52.9. The predicted molar refractivity (Wildman–Crippen MR) is 135 cm³/mol. The molecule has 1 saturated heterocycles. The lowest BCUT2D eigenvalue weighted by atomic mass is 10.0. The van der Waals surface area contributed by atoms with Crippen molar-refractivity contribution in [3.63, 3.8) is 0 Å². The fraction of sp³-hybridized carbons (Fsp3) is 0.478. The van der Waals surface area contributed by atoms with E-state index in [4.69, 9.17) is 24.3 Å². The summed E-state index contributed by atoms with van der Waals surface area (Å²) in [5, 5.41) is 2.58. The van der Waals surface area contributed by atoms with Crippen molar-refractivity contribution in [1.29, 1.82) is 0 Å². The molecule has 15 heteroatoms. The van der Waals surface area contributed by atoms with E-state index in [1.807, 2.05) is 0 Å². The van der Waals surface area contributed by atoms with Gasteiger partial charge in [0, 0.05) is 6.42 Å². The smallest absolute Gasteiger partial charge is 0.459 e. The molecule has 0 aliphatic carbocycles. The van der Waals surface area contributed by atoms with Crippen molar-refractivity contribution >= 4 is 30.8 Å². The van der Waals surface area contributed by atoms with Gasteiger partial charge in [-0.3, -0.25) is 23.7 Å². The summed E-state index contributed by atoms with van der Waals surface area (Å²) >= 11 is 0. The van der Waals surface area contributed by atoms with Gasteiger partial charge in [0.25, 0.3) is 5.56 Å². The predicted octanol–water partition coefficient (Wildman–Crippen LogP) is 2.85. The normalized spacial score (nSPS) is 23.8. The molecular weight excluding hydrogens is 522 g/mol. The van der Waals surface area contributed by atoms with Crippen molar-refractivity contribution < 1.29 is 32.3 Å². The van der Waals surface area contributed by atoms with Crippen LogP contribution in [0.25, 0.3) is 11.2 Å². The molecule has 0 radical (unpaired) electrons. The SMILES string of the molecule is CC(C)OC(=O)C(C)NP(=O)(OCC1CC(C)(F)C(n2cnc3c(=O)[nH]c(N)nc32)O1)Oc1ccccc1. The summed E-state index contributed by atoms with van der Waals surface area (Å²) in [6.07, 6.45) is -1.39. The Morgan fingerprint density at radius 1 is 1.37 bits per heavy atom. The molecule has 1 fully saturated rings. The molecule has 1 aromatic carbocycles. The molecule has 0 bridgehead atoms. The fourth-order valence-corrected chi connectivity index (χ4v) is 5.52. The van der Waals surface area contributed by atoms with Crippen molar-refractivity contribution in [3.8, 4) is 5.75 Å². The van der Waals surface area contributed by atoms with Gasteiger partial charge in [-0.05, 0) is 39.8 Å². The van der Waals surface area contributed by atoms with Gasteiger partial charge in [-0.15, -0.1) is 0 Å². The van der Waals surface area contributed by atoms with Crippen LogP contribution in [-0.2, 0) is 23.4 Å². The van der Waals surface area contributed by atoms with Gasteiger partial charge in [0.05, 0.1) is 25.1 Å². The number of carbonyl (C=O) groups excluding carboxylic acids is 1. The van der Waals surface area contributed by atoms with Gasteiger partial charge in [-0.1, -0.05) is 18.2 Å². The molecule has 4 N–H and O–H groups in total. The number of rotatable bonds is 10. The van der Waals surface area contributed by atoms with Crippen LogP contribution >= 0.6 is 7.75 Å². The number of carbonyl (C=O) groups is 1. The molecule has 13 nitrogen and oxygen atoms in total. The van der Waals surface area contributed by atoms with Crippen LogP contribution in [0.4, 0.5) is 10.3 Å². The Morgan fingerprint density at radius 3 is 2.76 bits per heavy atom. The number of hydrogen-bond donors (Lipinski definition) is 3. The van der Waals surface area contributed by atoms with Crippen LogP contribution < -0.4 is 20.9 Å². The zero-order valence-corrected chi connectivity index (χ0v) is 22.2. The number of nitrogens with one attached hydrogen (secondary N) is 2. The van der Waals surface area contributed by atoms with E-state index >= 15 is 4.39 Å². The number of halogens is 1. The number of H-pyrrole nitrogens is 1. The maximum absolute atomic E-state index is 15.7. The minimum Gasteiger partial charge on any atom is -0.462 e. The number of nitrogens with two attached hydrogens (primary N) is 1. The third kappa shape index (κ3) is 6.21. The second-order valence-electron chi connectivity index (χ2n) is 9.40. The summed E-state index contributed by atoms with van der Waals surface area (Å²) in [4.78, 5) is 34.8. The van der Waals surface area contributed by atoms with Gasteiger partial charge in [0.15, 0.2) is 23.1 Å². The molecular formula is C23H30FN6O7P. The number of imidazole rings is 1. The minimum atomic E-state index is -4.17. The van der Waals surface area contributed by atoms with E-state index in [1.165, 1.54) is 24.7 Å². The standard InChI is InChI=1S/C23H30FN6O7P/c1-13(2)35-20(32)14(3)29-38(33,37-15-8-6-5-7-9-15)34-11-16-10-23(4,24)21(36-16)30-12-26-17-18(30)27-22(25)28-19(17)31/h5-9,12-14,16,21H,10-11H2,1-4H3,(H,29,33)(H3,25,27,28,31). The van der Waals surface area contributed by atoms with Crippen LogP contribution in [0.2, 0.25) is 0 Å².